The van der Waals surface area contributed by atoms with Crippen LogP contribution < -0.4 is 0 Å². The van der Waals surface area contributed by atoms with Crippen LogP contribution in [-0.4, -0.2) is 40.3 Å². The lowest BCUT2D eigenvalue weighted by molar-refractivity contribution is -0.200. The summed E-state index contributed by atoms with van der Waals surface area (Å²) in [7, 11) is 0. The summed E-state index contributed by atoms with van der Waals surface area (Å²) in [6.07, 6.45) is -2.87. The molecule has 1 spiro atoms. The van der Waals surface area contributed by atoms with E-state index in [1.54, 1.807) is 0 Å². The number of piperidine rings is 1. The molecular formula is C10H14F3NO2. The summed E-state index contributed by atoms with van der Waals surface area (Å²) in [5, 5.41) is 9.49. The van der Waals surface area contributed by atoms with Gasteiger partial charge in [-0.15, -0.1) is 0 Å². The van der Waals surface area contributed by atoms with Gasteiger partial charge in [0.1, 0.15) is 0 Å². The van der Waals surface area contributed by atoms with Gasteiger partial charge in [0, 0.05) is 12.1 Å². The van der Waals surface area contributed by atoms with E-state index in [4.69, 9.17) is 0 Å². The maximum absolute atomic E-state index is 12.4. The average molecular weight is 237 g/mol. The van der Waals surface area contributed by atoms with Gasteiger partial charge in [-0.2, -0.15) is 13.2 Å². The number of halogens is 3. The van der Waals surface area contributed by atoms with Crippen molar-refractivity contribution in [1.29, 1.82) is 0 Å². The van der Waals surface area contributed by atoms with E-state index in [9.17, 15) is 23.1 Å². The van der Waals surface area contributed by atoms with Gasteiger partial charge in [0.15, 0.2) is 0 Å². The van der Waals surface area contributed by atoms with Crippen molar-refractivity contribution < 1.29 is 23.1 Å². The van der Waals surface area contributed by atoms with Crippen LogP contribution in [0.1, 0.15) is 32.1 Å². The van der Waals surface area contributed by atoms with Gasteiger partial charge >= 0.3 is 12.1 Å². The summed E-state index contributed by atoms with van der Waals surface area (Å²) >= 11 is 0. The van der Waals surface area contributed by atoms with Crippen LogP contribution in [0.15, 0.2) is 0 Å². The first kappa shape index (κ1) is 11.7. The summed E-state index contributed by atoms with van der Waals surface area (Å²) in [4.78, 5) is 12.2. The van der Waals surface area contributed by atoms with E-state index in [0.29, 0.717) is 12.8 Å². The molecule has 1 heterocycles. The van der Waals surface area contributed by atoms with Gasteiger partial charge in [0.2, 0.25) is 0 Å². The lowest BCUT2D eigenvalue weighted by Gasteiger charge is -2.54. The molecule has 0 radical (unpaired) electrons. The zero-order chi connectivity index (χ0) is 12.0. The van der Waals surface area contributed by atoms with Crippen LogP contribution in [0, 0.1) is 0 Å². The average Bonchev–Trinajstić information content (AvgIpc) is 2.12. The van der Waals surface area contributed by atoms with E-state index in [1.807, 2.05) is 0 Å². The van der Waals surface area contributed by atoms with Crippen molar-refractivity contribution in [2.45, 2.75) is 49.9 Å². The predicted octanol–water partition coefficient (Wildman–Crippen LogP) is 1.45. The summed E-state index contributed by atoms with van der Waals surface area (Å²) in [6, 6.07) is 0. The highest BCUT2D eigenvalue weighted by atomic mass is 19.4. The molecule has 0 aromatic rings. The molecule has 1 atom stereocenters. The fourth-order valence-electron chi connectivity index (χ4n) is 2.70. The Kier molecular flexibility index (Phi) is 2.64. The van der Waals surface area contributed by atoms with Crippen molar-refractivity contribution in [1.82, 2.24) is 4.90 Å². The Balaban J connectivity index is 2.17. The van der Waals surface area contributed by atoms with E-state index in [2.05, 4.69) is 0 Å². The fraction of sp³-hybridized carbons (Fsp3) is 0.900. The zero-order valence-corrected chi connectivity index (χ0v) is 8.76. The topological polar surface area (TPSA) is 40.5 Å². The third kappa shape index (κ3) is 1.79. The number of hydrogen-bond acceptors (Lipinski definition) is 2. The summed E-state index contributed by atoms with van der Waals surface area (Å²) in [6.45, 7) is 0.0134. The molecule has 2 aliphatic rings. The SMILES string of the molecule is O=C(N1CCC(O)CC12CCC2)C(F)(F)F. The minimum Gasteiger partial charge on any atom is -0.393 e. The lowest BCUT2D eigenvalue weighted by atomic mass is 9.69. The van der Waals surface area contributed by atoms with Crippen molar-refractivity contribution in [3.8, 4) is 0 Å². The first-order chi connectivity index (χ1) is 7.35. The number of amides is 1. The Labute approximate surface area is 91.2 Å². The Morgan fingerprint density at radius 3 is 2.44 bits per heavy atom. The Hall–Kier alpha value is -0.780. The Morgan fingerprint density at radius 2 is 2.00 bits per heavy atom. The second kappa shape index (κ2) is 3.61. The zero-order valence-electron chi connectivity index (χ0n) is 8.76. The Bertz CT molecular complexity index is 299. The molecule has 0 aromatic carbocycles. The highest BCUT2D eigenvalue weighted by Crippen LogP contribution is 2.45. The number of aliphatic hydroxyl groups is 1. The minimum atomic E-state index is -4.80. The van der Waals surface area contributed by atoms with Crippen LogP contribution in [0.4, 0.5) is 13.2 Å². The third-order valence-corrected chi connectivity index (χ3v) is 3.65. The number of nitrogens with zero attached hydrogens (tertiary/aromatic N) is 1. The maximum Gasteiger partial charge on any atom is 0.471 e. The van der Waals surface area contributed by atoms with Crippen LogP contribution in [-0.2, 0) is 4.79 Å². The van der Waals surface area contributed by atoms with Crippen LogP contribution in [0.2, 0.25) is 0 Å². The van der Waals surface area contributed by atoms with Gasteiger partial charge in [-0.1, -0.05) is 0 Å². The number of rotatable bonds is 0. The van der Waals surface area contributed by atoms with Crippen LogP contribution in [0.5, 0.6) is 0 Å². The summed E-state index contributed by atoms with van der Waals surface area (Å²) in [5.41, 5.74) is -0.718. The summed E-state index contributed by atoms with van der Waals surface area (Å²) in [5.74, 6) is -1.75. The molecule has 1 unspecified atom stereocenters. The molecule has 16 heavy (non-hydrogen) atoms. The highest BCUT2D eigenvalue weighted by Gasteiger charge is 2.54. The first-order valence-corrected chi connectivity index (χ1v) is 5.42. The molecule has 2 rings (SSSR count). The monoisotopic (exact) mass is 237 g/mol. The second-order valence-corrected chi connectivity index (χ2v) is 4.68. The molecule has 1 saturated heterocycles. The predicted molar refractivity (Wildman–Crippen MR) is 49.6 cm³/mol. The molecule has 1 amide bonds. The number of aliphatic hydroxyl groups excluding tert-OH is 1. The number of alkyl halides is 3. The Morgan fingerprint density at radius 1 is 1.38 bits per heavy atom. The largest absolute Gasteiger partial charge is 0.471 e. The second-order valence-electron chi connectivity index (χ2n) is 4.68. The van der Waals surface area contributed by atoms with Crippen LogP contribution in [0.3, 0.4) is 0 Å². The van der Waals surface area contributed by atoms with E-state index in [1.165, 1.54) is 0 Å². The van der Waals surface area contributed by atoms with E-state index >= 15 is 0 Å². The quantitative estimate of drug-likeness (QED) is 0.692. The molecule has 2 fully saturated rings. The van der Waals surface area contributed by atoms with Gasteiger partial charge < -0.3 is 10.0 Å². The van der Waals surface area contributed by atoms with E-state index in [0.717, 1.165) is 11.3 Å². The normalized spacial score (nSPS) is 29.0. The van der Waals surface area contributed by atoms with Crippen LogP contribution in [0.25, 0.3) is 0 Å². The molecule has 6 heteroatoms. The van der Waals surface area contributed by atoms with Gasteiger partial charge in [0.25, 0.3) is 0 Å². The number of hydrogen-bond donors (Lipinski definition) is 1. The lowest BCUT2D eigenvalue weighted by Crippen LogP contribution is -2.63. The van der Waals surface area contributed by atoms with Gasteiger partial charge in [-0.25, -0.2) is 0 Å². The van der Waals surface area contributed by atoms with Crippen molar-refractivity contribution in [3.63, 3.8) is 0 Å². The molecule has 1 saturated carbocycles. The molecule has 0 bridgehead atoms. The van der Waals surface area contributed by atoms with Crippen molar-refractivity contribution in [3.05, 3.63) is 0 Å². The van der Waals surface area contributed by atoms with Gasteiger partial charge in [-0.05, 0) is 32.1 Å². The molecule has 1 aliphatic carbocycles. The standard InChI is InChI=1S/C10H14F3NO2/c11-10(12,13)8(16)14-5-2-7(15)6-9(14)3-1-4-9/h7,15H,1-6H2. The molecule has 92 valence electrons. The number of carbonyl (C=O) groups is 1. The van der Waals surface area contributed by atoms with E-state index < -0.39 is 23.7 Å². The third-order valence-electron chi connectivity index (χ3n) is 3.65. The number of carbonyl (C=O) groups excluding carboxylic acids is 1. The molecule has 1 aliphatic heterocycles. The summed E-state index contributed by atoms with van der Waals surface area (Å²) < 4.78 is 37.1. The van der Waals surface area contributed by atoms with Gasteiger partial charge in [0.05, 0.1) is 6.10 Å². The highest BCUT2D eigenvalue weighted by molar-refractivity contribution is 5.83. The smallest absolute Gasteiger partial charge is 0.393 e. The molecule has 3 nitrogen and oxygen atoms in total. The number of likely N-dealkylation sites (tertiary alicyclic amines) is 1. The van der Waals surface area contributed by atoms with Crippen molar-refractivity contribution in [2.75, 3.05) is 6.54 Å². The van der Waals surface area contributed by atoms with Crippen LogP contribution >= 0.6 is 0 Å². The first-order valence-electron chi connectivity index (χ1n) is 5.42. The van der Waals surface area contributed by atoms with Crippen molar-refractivity contribution in [2.24, 2.45) is 0 Å². The molecule has 0 aromatic heterocycles. The minimum absolute atomic E-state index is 0.0134. The maximum atomic E-state index is 12.4. The van der Waals surface area contributed by atoms with E-state index in [-0.39, 0.29) is 19.4 Å². The van der Waals surface area contributed by atoms with Gasteiger partial charge in [-0.3, -0.25) is 4.79 Å². The molecular weight excluding hydrogens is 223 g/mol. The van der Waals surface area contributed by atoms with Crippen molar-refractivity contribution >= 4 is 5.91 Å². The molecule has 1 N–H and O–H groups in total. The fourth-order valence-corrected chi connectivity index (χ4v) is 2.70.